The van der Waals surface area contributed by atoms with Crippen molar-refractivity contribution >= 4 is 11.6 Å². The maximum absolute atomic E-state index is 12.9. The van der Waals surface area contributed by atoms with Crippen LogP contribution in [0.4, 0.5) is 18.9 Å². The van der Waals surface area contributed by atoms with E-state index in [-0.39, 0.29) is 5.56 Å². The van der Waals surface area contributed by atoms with Crippen molar-refractivity contribution in [3.05, 3.63) is 48.3 Å². The summed E-state index contributed by atoms with van der Waals surface area (Å²) >= 11 is 0. The van der Waals surface area contributed by atoms with E-state index >= 15 is 0 Å². The molecule has 0 saturated heterocycles. The summed E-state index contributed by atoms with van der Waals surface area (Å²) in [4.78, 5) is 16.0. The van der Waals surface area contributed by atoms with E-state index in [1.54, 1.807) is 24.4 Å². The van der Waals surface area contributed by atoms with Gasteiger partial charge in [0.2, 0.25) is 0 Å². The lowest BCUT2D eigenvalue weighted by atomic mass is 10.0. The number of alkyl halides is 3. The summed E-state index contributed by atoms with van der Waals surface area (Å²) in [5.41, 5.74) is 7.96. The van der Waals surface area contributed by atoms with Crippen LogP contribution in [0.3, 0.4) is 0 Å². The number of aromatic nitrogens is 1. The quantitative estimate of drug-likeness (QED) is 0.895. The number of carbonyl (C=O) groups excluding carboxylic acids is 1. The smallest absolute Gasteiger partial charge is 0.397 e. The molecule has 0 fully saturated rings. The number of amides is 1. The van der Waals surface area contributed by atoms with Crippen LogP contribution in [0.5, 0.6) is 0 Å². The SMILES string of the molecule is CC(C)C(NC(=O)c1ccc(-c2ccncc2N)cc1)C(F)(F)F. The number of rotatable bonds is 4. The lowest BCUT2D eigenvalue weighted by Gasteiger charge is -2.24. The number of pyridine rings is 1. The molecule has 1 heterocycles. The maximum Gasteiger partial charge on any atom is 0.408 e. The largest absolute Gasteiger partial charge is 0.408 e. The highest BCUT2D eigenvalue weighted by atomic mass is 19.4. The predicted octanol–water partition coefficient (Wildman–Crippen LogP) is 3.65. The molecule has 1 amide bonds. The lowest BCUT2D eigenvalue weighted by Crippen LogP contribution is -2.48. The zero-order valence-corrected chi connectivity index (χ0v) is 13.3. The van der Waals surface area contributed by atoms with Crippen LogP contribution in [0.1, 0.15) is 24.2 Å². The second-order valence-corrected chi connectivity index (χ2v) is 5.78. The zero-order chi connectivity index (χ0) is 17.9. The van der Waals surface area contributed by atoms with Gasteiger partial charge < -0.3 is 11.1 Å². The third-order valence-electron chi connectivity index (χ3n) is 3.62. The summed E-state index contributed by atoms with van der Waals surface area (Å²) in [6.45, 7) is 2.82. The number of anilines is 1. The van der Waals surface area contributed by atoms with Crippen LogP contribution in [0.15, 0.2) is 42.7 Å². The third kappa shape index (κ3) is 4.04. The number of nitrogens with one attached hydrogen (secondary N) is 1. The minimum absolute atomic E-state index is 0.154. The molecule has 2 aromatic rings. The monoisotopic (exact) mass is 337 g/mol. The highest BCUT2D eigenvalue weighted by molar-refractivity contribution is 5.95. The molecule has 1 aromatic carbocycles. The van der Waals surface area contributed by atoms with E-state index in [1.165, 1.54) is 32.2 Å². The highest BCUT2D eigenvalue weighted by Gasteiger charge is 2.42. The molecule has 1 atom stereocenters. The van der Waals surface area contributed by atoms with Gasteiger partial charge in [0, 0.05) is 17.3 Å². The minimum atomic E-state index is -4.49. The van der Waals surface area contributed by atoms with Crippen LogP contribution in [0.25, 0.3) is 11.1 Å². The topological polar surface area (TPSA) is 68.0 Å². The van der Waals surface area contributed by atoms with Gasteiger partial charge in [-0.15, -0.1) is 0 Å². The highest BCUT2D eigenvalue weighted by Crippen LogP contribution is 2.27. The van der Waals surface area contributed by atoms with Gasteiger partial charge in [0.05, 0.1) is 11.9 Å². The number of halogens is 3. The Kier molecular flexibility index (Phi) is 5.11. The van der Waals surface area contributed by atoms with E-state index in [1.807, 2.05) is 5.32 Å². The molecule has 0 saturated carbocycles. The van der Waals surface area contributed by atoms with Gasteiger partial charge in [-0.05, 0) is 29.7 Å². The molecule has 0 spiro atoms. The Balaban J connectivity index is 2.19. The van der Waals surface area contributed by atoms with E-state index in [4.69, 9.17) is 5.73 Å². The van der Waals surface area contributed by atoms with E-state index in [2.05, 4.69) is 4.98 Å². The average Bonchev–Trinajstić information content (AvgIpc) is 2.51. The van der Waals surface area contributed by atoms with Gasteiger partial charge in [-0.25, -0.2) is 0 Å². The first kappa shape index (κ1) is 17.8. The van der Waals surface area contributed by atoms with Gasteiger partial charge in [0.1, 0.15) is 6.04 Å². The predicted molar refractivity (Wildman–Crippen MR) is 86.2 cm³/mol. The normalized spacial score (nSPS) is 12.9. The molecule has 0 bridgehead atoms. The molecule has 7 heteroatoms. The summed E-state index contributed by atoms with van der Waals surface area (Å²) < 4.78 is 38.8. The van der Waals surface area contributed by atoms with E-state index < -0.39 is 24.0 Å². The maximum atomic E-state index is 12.9. The van der Waals surface area contributed by atoms with Gasteiger partial charge in [0.25, 0.3) is 5.91 Å². The summed E-state index contributed by atoms with van der Waals surface area (Å²) in [6, 6.07) is 6.05. The Labute approximate surface area is 137 Å². The molecule has 4 nitrogen and oxygen atoms in total. The standard InChI is InChI=1S/C17H18F3N3O/c1-10(2)15(17(18,19)20)23-16(24)12-5-3-11(4-6-12)13-7-8-22-9-14(13)21/h3-10,15H,21H2,1-2H3,(H,23,24). The first-order valence-corrected chi connectivity index (χ1v) is 7.37. The average molecular weight is 337 g/mol. The Morgan fingerprint density at radius 3 is 2.29 bits per heavy atom. The molecule has 0 aliphatic carbocycles. The molecular formula is C17H18F3N3O. The van der Waals surface area contributed by atoms with E-state index in [0.717, 1.165) is 11.1 Å². The van der Waals surface area contributed by atoms with Gasteiger partial charge in [0.15, 0.2) is 0 Å². The summed E-state index contributed by atoms with van der Waals surface area (Å²) in [7, 11) is 0. The molecule has 3 N–H and O–H groups in total. The fourth-order valence-electron chi connectivity index (χ4n) is 2.32. The Hall–Kier alpha value is -2.57. The summed E-state index contributed by atoms with van der Waals surface area (Å²) in [5.74, 6) is -1.52. The fourth-order valence-corrected chi connectivity index (χ4v) is 2.32. The number of hydrogen-bond acceptors (Lipinski definition) is 3. The van der Waals surface area contributed by atoms with Gasteiger partial charge in [-0.3, -0.25) is 9.78 Å². The molecule has 2 rings (SSSR count). The van der Waals surface area contributed by atoms with Crippen molar-refractivity contribution < 1.29 is 18.0 Å². The van der Waals surface area contributed by atoms with Crippen LogP contribution < -0.4 is 11.1 Å². The van der Waals surface area contributed by atoms with Crippen LogP contribution in [0.2, 0.25) is 0 Å². The van der Waals surface area contributed by atoms with Crippen molar-refractivity contribution in [3.63, 3.8) is 0 Å². The molecule has 0 radical (unpaired) electrons. The first-order chi connectivity index (χ1) is 11.2. The number of hydrogen-bond donors (Lipinski definition) is 2. The van der Waals surface area contributed by atoms with Crippen LogP contribution >= 0.6 is 0 Å². The molecule has 24 heavy (non-hydrogen) atoms. The van der Waals surface area contributed by atoms with Gasteiger partial charge >= 0.3 is 6.18 Å². The van der Waals surface area contributed by atoms with Crippen molar-refractivity contribution in [1.29, 1.82) is 0 Å². The Morgan fingerprint density at radius 2 is 1.79 bits per heavy atom. The van der Waals surface area contributed by atoms with Crippen LogP contribution in [-0.4, -0.2) is 23.1 Å². The third-order valence-corrected chi connectivity index (χ3v) is 3.62. The van der Waals surface area contributed by atoms with Crippen molar-refractivity contribution in [2.45, 2.75) is 26.1 Å². The Bertz CT molecular complexity index is 712. The van der Waals surface area contributed by atoms with Gasteiger partial charge in [-0.1, -0.05) is 26.0 Å². The van der Waals surface area contributed by atoms with Crippen molar-refractivity contribution in [2.24, 2.45) is 5.92 Å². The number of nitrogens with zero attached hydrogens (tertiary/aromatic N) is 1. The minimum Gasteiger partial charge on any atom is -0.397 e. The molecule has 1 aromatic heterocycles. The second kappa shape index (κ2) is 6.90. The van der Waals surface area contributed by atoms with E-state index in [0.29, 0.717) is 5.69 Å². The zero-order valence-electron chi connectivity index (χ0n) is 13.3. The number of carbonyl (C=O) groups is 1. The van der Waals surface area contributed by atoms with Crippen LogP contribution in [-0.2, 0) is 0 Å². The van der Waals surface area contributed by atoms with Crippen LogP contribution in [0, 0.1) is 5.92 Å². The summed E-state index contributed by atoms with van der Waals surface area (Å²) in [5, 5.41) is 2.04. The Morgan fingerprint density at radius 1 is 1.17 bits per heavy atom. The molecular weight excluding hydrogens is 319 g/mol. The molecule has 128 valence electrons. The lowest BCUT2D eigenvalue weighted by molar-refractivity contribution is -0.162. The van der Waals surface area contributed by atoms with Gasteiger partial charge in [-0.2, -0.15) is 13.2 Å². The first-order valence-electron chi connectivity index (χ1n) is 7.37. The second-order valence-electron chi connectivity index (χ2n) is 5.78. The fraction of sp³-hybridized carbons (Fsp3) is 0.294. The van der Waals surface area contributed by atoms with Crippen molar-refractivity contribution in [2.75, 3.05) is 5.73 Å². The number of benzene rings is 1. The number of nitrogen functional groups attached to an aromatic ring is 1. The number of nitrogens with two attached hydrogens (primary N) is 1. The molecule has 0 aliphatic heterocycles. The molecule has 0 aliphatic rings. The summed E-state index contributed by atoms with van der Waals surface area (Å²) in [6.07, 6.45) is -1.40. The van der Waals surface area contributed by atoms with Crippen molar-refractivity contribution in [3.8, 4) is 11.1 Å². The molecule has 1 unspecified atom stereocenters. The van der Waals surface area contributed by atoms with E-state index in [9.17, 15) is 18.0 Å². The van der Waals surface area contributed by atoms with Crippen molar-refractivity contribution in [1.82, 2.24) is 10.3 Å².